The van der Waals surface area contributed by atoms with Crippen LogP contribution in [0.3, 0.4) is 0 Å². The summed E-state index contributed by atoms with van der Waals surface area (Å²) in [5, 5.41) is 5.07. The lowest BCUT2D eigenvalue weighted by Crippen LogP contribution is -2.10. The Morgan fingerprint density at radius 1 is 0.442 bits per heavy atom. The molecule has 0 bridgehead atoms. The lowest BCUT2D eigenvalue weighted by atomic mass is 10.0. The van der Waals surface area contributed by atoms with Crippen molar-refractivity contribution in [3.05, 3.63) is 175 Å². The van der Waals surface area contributed by atoms with E-state index >= 15 is 0 Å². The molecule has 0 unspecified atom stereocenters. The Bertz CT molecular complexity index is 1920. The van der Waals surface area contributed by atoms with Gasteiger partial charge in [-0.1, -0.05) is 121 Å². The molecule has 0 aliphatic rings. The molecule has 0 saturated carbocycles. The highest BCUT2D eigenvalue weighted by Crippen LogP contribution is 2.37. The highest BCUT2D eigenvalue weighted by atomic mass is 15.3. The first-order valence-corrected chi connectivity index (χ1v) is 14.6. The Hall–Kier alpha value is -5.67. The zero-order chi connectivity index (χ0) is 29.0. The van der Waals surface area contributed by atoms with Gasteiger partial charge in [-0.2, -0.15) is 5.10 Å². The molecule has 0 fully saturated rings. The van der Waals surface area contributed by atoms with Crippen molar-refractivity contribution in [3.63, 3.8) is 0 Å². The van der Waals surface area contributed by atoms with Crippen LogP contribution in [0, 0.1) is 6.92 Å². The molecule has 3 nitrogen and oxygen atoms in total. The maximum absolute atomic E-state index is 5.07. The maximum atomic E-state index is 5.07. The van der Waals surface area contributed by atoms with Gasteiger partial charge < -0.3 is 4.90 Å². The first-order chi connectivity index (χ1) is 21.2. The van der Waals surface area contributed by atoms with Crippen molar-refractivity contribution in [1.82, 2.24) is 9.78 Å². The lowest BCUT2D eigenvalue weighted by molar-refractivity contribution is 0.892. The smallest absolute Gasteiger partial charge is 0.0934 e. The number of aromatic nitrogens is 2. The van der Waals surface area contributed by atoms with Gasteiger partial charge in [0.2, 0.25) is 0 Å². The third kappa shape index (κ3) is 5.49. The Kier molecular flexibility index (Phi) is 7.12. The van der Waals surface area contributed by atoms with Crippen LogP contribution in [-0.4, -0.2) is 9.78 Å². The number of benzene rings is 6. The second-order valence-electron chi connectivity index (χ2n) is 10.7. The van der Waals surface area contributed by atoms with Gasteiger partial charge in [0.05, 0.1) is 17.1 Å². The largest absolute Gasteiger partial charge is 0.311 e. The summed E-state index contributed by atoms with van der Waals surface area (Å²) in [6, 6.07) is 59.6. The number of rotatable bonds is 7. The van der Waals surface area contributed by atoms with Crippen molar-refractivity contribution < 1.29 is 0 Å². The summed E-state index contributed by atoms with van der Waals surface area (Å²) in [6.45, 7) is 2.12. The molecule has 206 valence electrons. The van der Waals surface area contributed by atoms with Crippen molar-refractivity contribution >= 4 is 17.1 Å². The van der Waals surface area contributed by atoms with E-state index in [0.29, 0.717) is 0 Å². The van der Waals surface area contributed by atoms with Gasteiger partial charge in [-0.15, -0.1) is 0 Å². The van der Waals surface area contributed by atoms with Crippen molar-refractivity contribution in [1.29, 1.82) is 0 Å². The summed E-state index contributed by atoms with van der Waals surface area (Å²) in [5.74, 6) is 0. The zero-order valence-electron chi connectivity index (χ0n) is 24.0. The number of aryl methyl sites for hydroxylation is 1. The minimum absolute atomic E-state index is 0.948. The van der Waals surface area contributed by atoms with Crippen molar-refractivity contribution in [3.8, 4) is 39.3 Å². The first kappa shape index (κ1) is 26.2. The van der Waals surface area contributed by atoms with Crippen LogP contribution in [-0.2, 0) is 0 Å². The minimum atomic E-state index is 0.948. The standard InChI is InChI=1S/C40H31N3/c1-30-17-21-35(22-18-30)42(36-23-19-32(20-24-36)31-11-5-2-6-12-31)37-25-27-38(28-26-37)43-40(34-15-9-4-10-16-34)29-39(41-43)33-13-7-3-8-14-33/h2-29H,1H3. The predicted octanol–water partition coefficient (Wildman–Crippen LogP) is 10.7. The Balaban J connectivity index is 1.29. The molecule has 3 heteroatoms. The molecule has 7 rings (SSSR count). The van der Waals surface area contributed by atoms with E-state index < -0.39 is 0 Å². The molecule has 1 heterocycles. The second-order valence-corrected chi connectivity index (χ2v) is 10.7. The first-order valence-electron chi connectivity index (χ1n) is 14.6. The van der Waals surface area contributed by atoms with Gasteiger partial charge in [0, 0.05) is 28.2 Å². The van der Waals surface area contributed by atoms with Crippen LogP contribution in [0.15, 0.2) is 170 Å². The number of nitrogens with zero attached hydrogens (tertiary/aromatic N) is 3. The lowest BCUT2D eigenvalue weighted by Gasteiger charge is -2.26. The third-order valence-electron chi connectivity index (χ3n) is 7.73. The molecule has 43 heavy (non-hydrogen) atoms. The van der Waals surface area contributed by atoms with E-state index in [4.69, 9.17) is 5.10 Å². The van der Waals surface area contributed by atoms with E-state index in [1.54, 1.807) is 0 Å². The second kappa shape index (κ2) is 11.7. The summed E-state index contributed by atoms with van der Waals surface area (Å²) < 4.78 is 2.05. The molecule has 6 aromatic carbocycles. The highest BCUT2D eigenvalue weighted by Gasteiger charge is 2.16. The van der Waals surface area contributed by atoms with Crippen LogP contribution in [0.4, 0.5) is 17.1 Å². The van der Waals surface area contributed by atoms with Crippen LogP contribution in [0.2, 0.25) is 0 Å². The van der Waals surface area contributed by atoms with Crippen molar-refractivity contribution in [2.75, 3.05) is 4.90 Å². The Morgan fingerprint density at radius 3 is 1.44 bits per heavy atom. The zero-order valence-corrected chi connectivity index (χ0v) is 24.0. The highest BCUT2D eigenvalue weighted by molar-refractivity contribution is 5.79. The summed E-state index contributed by atoms with van der Waals surface area (Å²) in [4.78, 5) is 2.30. The fraction of sp³-hybridized carbons (Fsp3) is 0.0250. The van der Waals surface area contributed by atoms with E-state index in [1.165, 1.54) is 16.7 Å². The van der Waals surface area contributed by atoms with Crippen molar-refractivity contribution in [2.45, 2.75) is 6.92 Å². The SMILES string of the molecule is Cc1ccc(N(c2ccc(-c3ccccc3)cc2)c2ccc(-n3nc(-c4ccccc4)cc3-c3ccccc3)cc2)cc1. The van der Waals surface area contributed by atoms with Crippen LogP contribution in [0.5, 0.6) is 0 Å². The summed E-state index contributed by atoms with van der Waals surface area (Å²) in [7, 11) is 0. The molecular formula is C40H31N3. The van der Waals surface area contributed by atoms with Crippen LogP contribution < -0.4 is 4.90 Å². The van der Waals surface area contributed by atoms with Crippen molar-refractivity contribution in [2.24, 2.45) is 0 Å². The molecule has 0 aliphatic carbocycles. The normalized spacial score (nSPS) is 10.9. The summed E-state index contributed by atoms with van der Waals surface area (Å²) >= 11 is 0. The molecule has 0 saturated heterocycles. The Morgan fingerprint density at radius 2 is 0.884 bits per heavy atom. The van der Waals surface area contributed by atoms with Gasteiger partial charge in [0.15, 0.2) is 0 Å². The van der Waals surface area contributed by atoms with E-state index in [1.807, 2.05) is 16.8 Å². The van der Waals surface area contributed by atoms with E-state index in [-0.39, 0.29) is 0 Å². The number of hydrogen-bond donors (Lipinski definition) is 0. The van der Waals surface area contributed by atoms with Gasteiger partial charge in [0.1, 0.15) is 0 Å². The van der Waals surface area contributed by atoms with E-state index in [0.717, 1.165) is 45.3 Å². The average molecular weight is 554 g/mol. The average Bonchev–Trinajstić information content (AvgIpc) is 3.53. The number of anilines is 3. The fourth-order valence-corrected chi connectivity index (χ4v) is 5.46. The van der Waals surface area contributed by atoms with Crippen LogP contribution in [0.1, 0.15) is 5.56 Å². The predicted molar refractivity (Wildman–Crippen MR) is 179 cm³/mol. The monoisotopic (exact) mass is 553 g/mol. The topological polar surface area (TPSA) is 21.1 Å². The molecule has 0 aliphatic heterocycles. The summed E-state index contributed by atoms with van der Waals surface area (Å²) in [5.41, 5.74) is 12.2. The molecular weight excluding hydrogens is 522 g/mol. The van der Waals surface area contributed by atoms with E-state index in [2.05, 4.69) is 170 Å². The molecule has 0 spiro atoms. The van der Waals surface area contributed by atoms with Gasteiger partial charge in [-0.3, -0.25) is 0 Å². The minimum Gasteiger partial charge on any atom is -0.311 e. The molecule has 7 aromatic rings. The quantitative estimate of drug-likeness (QED) is 0.196. The molecule has 0 radical (unpaired) electrons. The van der Waals surface area contributed by atoms with Gasteiger partial charge >= 0.3 is 0 Å². The molecule has 0 amide bonds. The van der Waals surface area contributed by atoms with Gasteiger partial charge in [-0.25, -0.2) is 4.68 Å². The van der Waals surface area contributed by atoms with Gasteiger partial charge in [-0.05, 0) is 72.6 Å². The van der Waals surface area contributed by atoms with Crippen LogP contribution >= 0.6 is 0 Å². The molecule has 1 aromatic heterocycles. The third-order valence-corrected chi connectivity index (χ3v) is 7.73. The summed E-state index contributed by atoms with van der Waals surface area (Å²) in [6.07, 6.45) is 0. The number of hydrogen-bond acceptors (Lipinski definition) is 2. The van der Waals surface area contributed by atoms with E-state index in [9.17, 15) is 0 Å². The maximum Gasteiger partial charge on any atom is 0.0934 e. The fourth-order valence-electron chi connectivity index (χ4n) is 5.46. The van der Waals surface area contributed by atoms with Gasteiger partial charge in [0.25, 0.3) is 0 Å². The van der Waals surface area contributed by atoms with Crippen LogP contribution in [0.25, 0.3) is 39.3 Å². The Labute approximate surface area is 253 Å². The molecule has 0 N–H and O–H groups in total. The molecule has 0 atom stereocenters.